The predicted molar refractivity (Wildman–Crippen MR) is 85.6 cm³/mol. The monoisotopic (exact) mass is 289 g/mol. The second-order valence-corrected chi connectivity index (χ2v) is 6.22. The first-order valence-electron chi connectivity index (χ1n) is 8.04. The van der Waals surface area contributed by atoms with Gasteiger partial charge in [0.1, 0.15) is 5.75 Å². The van der Waals surface area contributed by atoms with Crippen LogP contribution in [0.1, 0.15) is 44.2 Å². The smallest absolute Gasteiger partial charge is 0.263 e. The van der Waals surface area contributed by atoms with E-state index in [0.717, 1.165) is 43.2 Å². The Hall–Kier alpha value is -1.51. The predicted octanol–water partition coefficient (Wildman–Crippen LogP) is 3.72. The summed E-state index contributed by atoms with van der Waals surface area (Å²) in [4.78, 5) is 14.6. The molecule has 0 saturated carbocycles. The number of benzene rings is 1. The van der Waals surface area contributed by atoms with Crippen molar-refractivity contribution < 1.29 is 9.53 Å². The zero-order chi connectivity index (χ0) is 15.4. The molecule has 3 nitrogen and oxygen atoms in total. The van der Waals surface area contributed by atoms with E-state index in [1.54, 1.807) is 0 Å². The third-order valence-corrected chi connectivity index (χ3v) is 4.57. The van der Waals surface area contributed by atoms with Crippen LogP contribution in [0, 0.1) is 19.8 Å². The number of piperidine rings is 1. The Balaban J connectivity index is 2.05. The highest BCUT2D eigenvalue weighted by atomic mass is 16.5. The lowest BCUT2D eigenvalue weighted by atomic mass is 9.98. The molecule has 0 N–H and O–H groups in total. The number of ether oxygens (including phenoxy) is 1. The van der Waals surface area contributed by atoms with Gasteiger partial charge < -0.3 is 9.64 Å². The van der Waals surface area contributed by atoms with Crippen LogP contribution in [0.2, 0.25) is 0 Å². The van der Waals surface area contributed by atoms with Gasteiger partial charge in [0.05, 0.1) is 0 Å². The maximum Gasteiger partial charge on any atom is 0.263 e. The van der Waals surface area contributed by atoms with Crippen molar-refractivity contribution in [3.05, 3.63) is 29.3 Å². The molecular weight excluding hydrogens is 262 g/mol. The van der Waals surface area contributed by atoms with Gasteiger partial charge in [0.25, 0.3) is 5.91 Å². The first-order chi connectivity index (χ1) is 10.0. The van der Waals surface area contributed by atoms with Crippen molar-refractivity contribution in [3.8, 4) is 5.75 Å². The standard InChI is InChI=1S/C18H27NO2/c1-5-16(18(20)19-11-9-13(2)10-12-19)21-17-8-6-7-14(3)15(17)4/h6-8,13,16H,5,9-12H2,1-4H3/t16-/m0/s1. The minimum atomic E-state index is -0.362. The molecule has 0 unspecified atom stereocenters. The molecule has 3 heteroatoms. The number of nitrogens with zero attached hydrogens (tertiary/aromatic N) is 1. The van der Waals surface area contributed by atoms with Crippen molar-refractivity contribution in [1.29, 1.82) is 0 Å². The number of amides is 1. The first-order valence-corrected chi connectivity index (χ1v) is 8.04. The zero-order valence-electron chi connectivity index (χ0n) is 13.7. The Morgan fingerprint density at radius 2 is 2.00 bits per heavy atom. The van der Waals surface area contributed by atoms with E-state index in [-0.39, 0.29) is 12.0 Å². The SMILES string of the molecule is CC[C@H](Oc1cccc(C)c1C)C(=O)N1CCC(C)CC1. The molecule has 2 rings (SSSR count). The molecule has 1 aliphatic rings. The molecule has 116 valence electrons. The maximum atomic E-state index is 12.6. The number of rotatable bonds is 4. The highest BCUT2D eigenvalue weighted by molar-refractivity contribution is 5.81. The van der Waals surface area contributed by atoms with E-state index in [4.69, 9.17) is 4.74 Å². The molecule has 0 bridgehead atoms. The van der Waals surface area contributed by atoms with Crippen LogP contribution >= 0.6 is 0 Å². The van der Waals surface area contributed by atoms with E-state index < -0.39 is 0 Å². The molecule has 1 saturated heterocycles. The van der Waals surface area contributed by atoms with E-state index in [9.17, 15) is 4.79 Å². The van der Waals surface area contributed by atoms with E-state index >= 15 is 0 Å². The topological polar surface area (TPSA) is 29.5 Å². The highest BCUT2D eigenvalue weighted by Crippen LogP contribution is 2.24. The second-order valence-electron chi connectivity index (χ2n) is 6.22. The third-order valence-electron chi connectivity index (χ3n) is 4.57. The van der Waals surface area contributed by atoms with Crippen LogP contribution in [0.25, 0.3) is 0 Å². The van der Waals surface area contributed by atoms with Gasteiger partial charge in [-0.05, 0) is 56.2 Å². The summed E-state index contributed by atoms with van der Waals surface area (Å²) < 4.78 is 6.03. The molecule has 0 radical (unpaired) electrons. The molecule has 1 heterocycles. The van der Waals surface area contributed by atoms with Crippen molar-refractivity contribution in [3.63, 3.8) is 0 Å². The van der Waals surface area contributed by atoms with Crippen LogP contribution in [0.5, 0.6) is 5.75 Å². The van der Waals surface area contributed by atoms with Gasteiger partial charge in [-0.15, -0.1) is 0 Å². The molecule has 0 spiro atoms. The third kappa shape index (κ3) is 3.78. The molecule has 0 aromatic heterocycles. The van der Waals surface area contributed by atoms with Crippen LogP contribution in [-0.4, -0.2) is 30.0 Å². The maximum absolute atomic E-state index is 12.6. The minimum Gasteiger partial charge on any atom is -0.480 e. The number of carbonyl (C=O) groups is 1. The number of carbonyl (C=O) groups excluding carboxylic acids is 1. The average molecular weight is 289 g/mol. The van der Waals surface area contributed by atoms with Crippen LogP contribution in [0.3, 0.4) is 0 Å². The Morgan fingerprint density at radius 3 is 2.62 bits per heavy atom. The van der Waals surface area contributed by atoms with Crippen molar-refractivity contribution in [1.82, 2.24) is 4.90 Å². The number of likely N-dealkylation sites (tertiary alicyclic amines) is 1. The van der Waals surface area contributed by atoms with Crippen molar-refractivity contribution in [2.75, 3.05) is 13.1 Å². The van der Waals surface area contributed by atoms with Gasteiger partial charge in [-0.2, -0.15) is 0 Å². The highest BCUT2D eigenvalue weighted by Gasteiger charge is 2.27. The van der Waals surface area contributed by atoms with Gasteiger partial charge in [-0.1, -0.05) is 26.0 Å². The summed E-state index contributed by atoms with van der Waals surface area (Å²) in [7, 11) is 0. The van der Waals surface area contributed by atoms with Crippen molar-refractivity contribution >= 4 is 5.91 Å². The lowest BCUT2D eigenvalue weighted by Gasteiger charge is -2.33. The molecule has 1 aliphatic heterocycles. The van der Waals surface area contributed by atoms with Crippen LogP contribution in [-0.2, 0) is 4.79 Å². The Morgan fingerprint density at radius 1 is 1.33 bits per heavy atom. The molecular formula is C18H27NO2. The summed E-state index contributed by atoms with van der Waals surface area (Å²) in [5.74, 6) is 1.71. The van der Waals surface area contributed by atoms with E-state index in [0.29, 0.717) is 6.42 Å². The summed E-state index contributed by atoms with van der Waals surface area (Å²) >= 11 is 0. The summed E-state index contributed by atoms with van der Waals surface area (Å²) in [6.45, 7) is 10.1. The Labute approximate surface area is 128 Å². The van der Waals surface area contributed by atoms with Gasteiger partial charge in [0.2, 0.25) is 0 Å². The summed E-state index contributed by atoms with van der Waals surface area (Å²) in [5.41, 5.74) is 2.32. The average Bonchev–Trinajstić information content (AvgIpc) is 2.49. The molecule has 1 amide bonds. The van der Waals surface area contributed by atoms with Gasteiger partial charge >= 0.3 is 0 Å². The van der Waals surface area contributed by atoms with Crippen molar-refractivity contribution in [2.24, 2.45) is 5.92 Å². The fourth-order valence-corrected chi connectivity index (χ4v) is 2.75. The molecule has 0 aliphatic carbocycles. The van der Waals surface area contributed by atoms with E-state index in [2.05, 4.69) is 19.9 Å². The molecule has 1 aromatic carbocycles. The Kier molecular flexibility index (Phi) is 5.27. The lowest BCUT2D eigenvalue weighted by Crippen LogP contribution is -2.45. The zero-order valence-corrected chi connectivity index (χ0v) is 13.7. The fourth-order valence-electron chi connectivity index (χ4n) is 2.75. The van der Waals surface area contributed by atoms with E-state index in [1.807, 2.05) is 30.9 Å². The quantitative estimate of drug-likeness (QED) is 0.845. The summed E-state index contributed by atoms with van der Waals surface area (Å²) in [6.07, 6.45) is 2.55. The molecule has 1 aromatic rings. The minimum absolute atomic E-state index is 0.144. The van der Waals surface area contributed by atoms with Gasteiger partial charge in [0, 0.05) is 13.1 Å². The van der Waals surface area contributed by atoms with Crippen LogP contribution in [0.15, 0.2) is 18.2 Å². The van der Waals surface area contributed by atoms with Gasteiger partial charge in [-0.3, -0.25) is 4.79 Å². The van der Waals surface area contributed by atoms with Gasteiger partial charge in [-0.25, -0.2) is 0 Å². The Bertz CT molecular complexity index is 490. The van der Waals surface area contributed by atoms with Crippen LogP contribution in [0.4, 0.5) is 0 Å². The number of aryl methyl sites for hydroxylation is 1. The second kappa shape index (κ2) is 6.97. The molecule has 1 atom stereocenters. The molecule has 1 fully saturated rings. The first kappa shape index (κ1) is 15.9. The molecule has 21 heavy (non-hydrogen) atoms. The lowest BCUT2D eigenvalue weighted by molar-refractivity contribution is -0.140. The fraction of sp³-hybridized carbons (Fsp3) is 0.611. The van der Waals surface area contributed by atoms with Crippen molar-refractivity contribution in [2.45, 2.75) is 53.1 Å². The van der Waals surface area contributed by atoms with Crippen LogP contribution < -0.4 is 4.74 Å². The largest absolute Gasteiger partial charge is 0.480 e. The summed E-state index contributed by atoms with van der Waals surface area (Å²) in [6, 6.07) is 6.00. The van der Waals surface area contributed by atoms with Gasteiger partial charge in [0.15, 0.2) is 6.10 Å². The number of hydrogen-bond acceptors (Lipinski definition) is 2. The summed E-state index contributed by atoms with van der Waals surface area (Å²) in [5, 5.41) is 0. The number of hydrogen-bond donors (Lipinski definition) is 0. The normalized spacial score (nSPS) is 17.6. The van der Waals surface area contributed by atoms with E-state index in [1.165, 1.54) is 5.56 Å².